The molecule has 3 amide bonds. The van der Waals surface area contributed by atoms with Crippen LogP contribution >= 0.6 is 0 Å². The highest BCUT2D eigenvalue weighted by Gasteiger charge is 2.40. The Morgan fingerprint density at radius 2 is 1.82 bits per heavy atom. The number of ether oxygens (including phenoxy) is 2. The third-order valence-corrected chi connectivity index (χ3v) is 6.16. The van der Waals surface area contributed by atoms with Gasteiger partial charge in [0, 0.05) is 39.9 Å². The zero-order valence-electron chi connectivity index (χ0n) is 20.2. The lowest BCUT2D eigenvalue weighted by atomic mass is 10.0. The maximum Gasteiger partial charge on any atom is 0.255 e. The fraction of sp³-hybridized carbons (Fsp3) is 0.400. The summed E-state index contributed by atoms with van der Waals surface area (Å²) in [7, 11) is 0. The van der Waals surface area contributed by atoms with E-state index in [1.54, 1.807) is 18.2 Å². The van der Waals surface area contributed by atoms with E-state index in [1.165, 1.54) is 10.5 Å². The standard InChI is InChI=1S/C25H27N3O5/c29-23-9-8-21(24(30)26-23)28-15-20-19(25(28)31)2-1-3-22(20)33-16-18-6-4-17(5-7-18)14-27-10-12-32-13-11-27/h1-7,21H,8-16H2,(H,26,29,30)/i8D2. The zero-order chi connectivity index (χ0) is 24.6. The summed E-state index contributed by atoms with van der Waals surface area (Å²) in [5.41, 5.74) is 3.19. The van der Waals surface area contributed by atoms with Gasteiger partial charge in [0.1, 0.15) is 18.4 Å². The van der Waals surface area contributed by atoms with Gasteiger partial charge in [-0.2, -0.15) is 0 Å². The highest BCUT2D eigenvalue weighted by Crippen LogP contribution is 2.34. The van der Waals surface area contributed by atoms with Crippen LogP contribution in [-0.2, 0) is 34.0 Å². The van der Waals surface area contributed by atoms with Gasteiger partial charge in [-0.3, -0.25) is 24.6 Å². The Bertz CT molecular complexity index is 1150. The summed E-state index contributed by atoms with van der Waals surface area (Å²) in [6.45, 7) is 4.61. The SMILES string of the molecule is [2H]C1([2H])CC(=O)NC(=O)C1N1Cc2c(OCc3ccc(CN4CCOCC4)cc3)cccc2C1=O. The van der Waals surface area contributed by atoms with Gasteiger partial charge >= 0.3 is 0 Å². The molecule has 1 atom stereocenters. The molecule has 0 bridgehead atoms. The number of carbonyl (C=O) groups excluding carboxylic acids is 3. The first kappa shape index (κ1) is 19.3. The molecule has 33 heavy (non-hydrogen) atoms. The monoisotopic (exact) mass is 451 g/mol. The molecule has 8 nitrogen and oxygen atoms in total. The van der Waals surface area contributed by atoms with Crippen molar-refractivity contribution in [3.8, 4) is 5.75 Å². The predicted molar refractivity (Wildman–Crippen MR) is 119 cm³/mol. The maximum atomic E-state index is 13.1. The Kier molecular flexibility index (Phi) is 5.44. The normalized spacial score (nSPS) is 23.6. The van der Waals surface area contributed by atoms with E-state index in [0.29, 0.717) is 23.5 Å². The second kappa shape index (κ2) is 9.33. The lowest BCUT2D eigenvalue weighted by molar-refractivity contribution is -0.136. The van der Waals surface area contributed by atoms with Crippen LogP contribution in [0.4, 0.5) is 0 Å². The molecule has 2 aromatic rings. The van der Waals surface area contributed by atoms with Crippen LogP contribution in [0.5, 0.6) is 5.75 Å². The first-order valence-electron chi connectivity index (χ1n) is 12.1. The summed E-state index contributed by atoms with van der Waals surface area (Å²) in [6, 6.07) is 11.9. The number of nitrogens with zero attached hydrogens (tertiary/aromatic N) is 2. The number of imide groups is 1. The third kappa shape index (κ3) is 4.62. The summed E-state index contributed by atoms with van der Waals surface area (Å²) in [6.07, 6.45) is -2.63. The predicted octanol–water partition coefficient (Wildman–Crippen LogP) is 1.86. The number of hydrogen-bond donors (Lipinski definition) is 1. The van der Waals surface area contributed by atoms with Crippen molar-refractivity contribution in [2.45, 2.75) is 38.5 Å². The van der Waals surface area contributed by atoms with Crippen molar-refractivity contribution < 1.29 is 26.6 Å². The van der Waals surface area contributed by atoms with E-state index in [2.05, 4.69) is 22.3 Å². The first-order valence-corrected chi connectivity index (χ1v) is 11.1. The molecule has 5 rings (SSSR count). The summed E-state index contributed by atoms with van der Waals surface area (Å²) in [4.78, 5) is 40.7. The number of carbonyl (C=O) groups is 3. The number of morpholine rings is 1. The average molecular weight is 452 g/mol. The highest BCUT2D eigenvalue weighted by molar-refractivity contribution is 6.05. The fourth-order valence-corrected chi connectivity index (χ4v) is 4.37. The Morgan fingerprint density at radius 1 is 1.06 bits per heavy atom. The molecule has 3 aliphatic heterocycles. The molecule has 1 unspecified atom stereocenters. The summed E-state index contributed by atoms with van der Waals surface area (Å²) >= 11 is 0. The van der Waals surface area contributed by atoms with Crippen molar-refractivity contribution in [1.29, 1.82) is 0 Å². The minimum Gasteiger partial charge on any atom is -0.489 e. The zero-order valence-corrected chi connectivity index (χ0v) is 18.2. The largest absolute Gasteiger partial charge is 0.489 e. The Labute approximate surface area is 195 Å². The van der Waals surface area contributed by atoms with E-state index >= 15 is 0 Å². The molecule has 0 saturated carbocycles. The van der Waals surface area contributed by atoms with Gasteiger partial charge in [-0.15, -0.1) is 0 Å². The third-order valence-electron chi connectivity index (χ3n) is 6.16. The van der Waals surface area contributed by atoms with Crippen LogP contribution < -0.4 is 10.1 Å². The van der Waals surface area contributed by atoms with Crippen LogP contribution in [-0.4, -0.2) is 59.9 Å². The van der Waals surface area contributed by atoms with Crippen LogP contribution in [0, 0.1) is 0 Å². The highest BCUT2D eigenvalue weighted by atomic mass is 16.5. The Balaban J connectivity index is 1.26. The average Bonchev–Trinajstić information content (AvgIpc) is 3.14. The van der Waals surface area contributed by atoms with E-state index in [-0.39, 0.29) is 6.54 Å². The van der Waals surface area contributed by atoms with Gasteiger partial charge in [-0.25, -0.2) is 0 Å². The minimum atomic E-state index is -2.15. The Morgan fingerprint density at radius 3 is 2.58 bits per heavy atom. The lowest BCUT2D eigenvalue weighted by Crippen LogP contribution is -2.52. The number of amides is 3. The van der Waals surface area contributed by atoms with Crippen LogP contribution in [0.15, 0.2) is 42.5 Å². The van der Waals surface area contributed by atoms with Gasteiger partial charge in [-0.05, 0) is 29.6 Å². The molecule has 0 radical (unpaired) electrons. The summed E-state index contributed by atoms with van der Waals surface area (Å²) in [5.74, 6) is -1.41. The minimum absolute atomic E-state index is 0.0363. The van der Waals surface area contributed by atoms with Crippen molar-refractivity contribution in [2.75, 3.05) is 26.3 Å². The van der Waals surface area contributed by atoms with Crippen molar-refractivity contribution in [1.82, 2.24) is 15.1 Å². The number of rotatable bonds is 6. The van der Waals surface area contributed by atoms with Gasteiger partial charge in [-0.1, -0.05) is 30.3 Å². The Hall–Kier alpha value is -3.23. The first-order chi connectivity index (χ1) is 16.8. The maximum absolute atomic E-state index is 13.1. The molecule has 8 heteroatoms. The van der Waals surface area contributed by atoms with Gasteiger partial charge in [0.25, 0.3) is 5.91 Å². The van der Waals surface area contributed by atoms with E-state index in [1.807, 2.05) is 12.1 Å². The molecular weight excluding hydrogens is 422 g/mol. The van der Waals surface area contributed by atoms with E-state index in [0.717, 1.165) is 38.4 Å². The molecule has 3 aliphatic rings. The number of piperidine rings is 1. The van der Waals surface area contributed by atoms with Crippen LogP contribution in [0.25, 0.3) is 0 Å². The molecule has 172 valence electrons. The van der Waals surface area contributed by atoms with Gasteiger partial charge < -0.3 is 14.4 Å². The molecule has 2 saturated heterocycles. The van der Waals surface area contributed by atoms with E-state index in [9.17, 15) is 14.4 Å². The molecule has 0 aliphatic carbocycles. The second-order valence-electron chi connectivity index (χ2n) is 8.40. The molecule has 2 fully saturated rings. The van der Waals surface area contributed by atoms with Gasteiger partial charge in [0.2, 0.25) is 11.8 Å². The molecule has 1 N–H and O–H groups in total. The smallest absolute Gasteiger partial charge is 0.255 e. The second-order valence-corrected chi connectivity index (χ2v) is 8.40. The lowest BCUT2D eigenvalue weighted by Gasteiger charge is -2.29. The van der Waals surface area contributed by atoms with Crippen LogP contribution in [0.1, 0.15) is 42.6 Å². The summed E-state index contributed by atoms with van der Waals surface area (Å²) in [5, 5.41) is 2.15. The number of nitrogens with one attached hydrogen (secondary N) is 1. The van der Waals surface area contributed by atoms with Gasteiger partial charge in [0.05, 0.1) is 19.8 Å². The number of fused-ring (bicyclic) bond motifs is 1. The molecule has 0 aromatic heterocycles. The summed E-state index contributed by atoms with van der Waals surface area (Å²) < 4.78 is 27.9. The molecule has 3 heterocycles. The van der Waals surface area contributed by atoms with E-state index < -0.39 is 36.6 Å². The molecule has 0 spiro atoms. The van der Waals surface area contributed by atoms with Gasteiger partial charge in [0.15, 0.2) is 0 Å². The van der Waals surface area contributed by atoms with Crippen LogP contribution in [0.2, 0.25) is 0 Å². The van der Waals surface area contributed by atoms with E-state index in [4.69, 9.17) is 12.2 Å². The van der Waals surface area contributed by atoms with Crippen molar-refractivity contribution in [3.63, 3.8) is 0 Å². The number of benzene rings is 2. The molecule has 2 aromatic carbocycles. The topological polar surface area (TPSA) is 88.2 Å². The van der Waals surface area contributed by atoms with Crippen molar-refractivity contribution in [2.24, 2.45) is 0 Å². The number of hydrogen-bond acceptors (Lipinski definition) is 6. The van der Waals surface area contributed by atoms with Crippen LogP contribution in [0.3, 0.4) is 0 Å². The van der Waals surface area contributed by atoms with Crippen molar-refractivity contribution in [3.05, 3.63) is 64.7 Å². The quantitative estimate of drug-likeness (QED) is 0.675. The van der Waals surface area contributed by atoms with Crippen molar-refractivity contribution >= 4 is 17.7 Å². The molecular formula is C25H27N3O5. The fourth-order valence-electron chi connectivity index (χ4n) is 4.37.